The number of anilines is 1. The van der Waals surface area contributed by atoms with Crippen molar-refractivity contribution >= 4 is 27.4 Å². The Kier molecular flexibility index (Phi) is 4.94. The SMILES string of the molecule is CCCC(C)COCc1nc(N)c2c(C)c(C)sc2n1. The lowest BCUT2D eigenvalue weighted by molar-refractivity contribution is 0.0851. The average molecular weight is 293 g/mol. The van der Waals surface area contributed by atoms with Crippen molar-refractivity contribution in [3.8, 4) is 0 Å². The summed E-state index contributed by atoms with van der Waals surface area (Å²) in [5.41, 5.74) is 7.24. The number of thiophene rings is 1. The smallest absolute Gasteiger partial charge is 0.158 e. The molecule has 0 fully saturated rings. The standard InChI is InChI=1S/C15H23N3OS/c1-5-6-9(2)7-19-8-12-17-14(16)13-10(3)11(4)20-15(13)18-12/h9H,5-8H2,1-4H3,(H2,16,17,18). The molecule has 1 atom stereocenters. The molecular weight excluding hydrogens is 270 g/mol. The van der Waals surface area contributed by atoms with Gasteiger partial charge >= 0.3 is 0 Å². The molecule has 0 saturated carbocycles. The van der Waals surface area contributed by atoms with Gasteiger partial charge in [0.2, 0.25) is 0 Å². The van der Waals surface area contributed by atoms with Crippen molar-refractivity contribution in [1.82, 2.24) is 9.97 Å². The Morgan fingerprint density at radius 3 is 2.75 bits per heavy atom. The molecule has 20 heavy (non-hydrogen) atoms. The zero-order valence-corrected chi connectivity index (χ0v) is 13.5. The van der Waals surface area contributed by atoms with Gasteiger partial charge in [0.25, 0.3) is 0 Å². The van der Waals surface area contributed by atoms with Crippen LogP contribution in [0.5, 0.6) is 0 Å². The van der Waals surface area contributed by atoms with Crippen molar-refractivity contribution in [1.29, 1.82) is 0 Å². The molecule has 5 heteroatoms. The van der Waals surface area contributed by atoms with Crippen LogP contribution in [0.3, 0.4) is 0 Å². The van der Waals surface area contributed by atoms with E-state index in [1.54, 1.807) is 11.3 Å². The molecule has 0 aromatic carbocycles. The molecule has 4 nitrogen and oxygen atoms in total. The number of nitrogen functional groups attached to an aromatic ring is 1. The van der Waals surface area contributed by atoms with Gasteiger partial charge in [0.1, 0.15) is 17.3 Å². The van der Waals surface area contributed by atoms with E-state index in [2.05, 4.69) is 37.7 Å². The molecule has 0 aliphatic rings. The van der Waals surface area contributed by atoms with Gasteiger partial charge in [-0.25, -0.2) is 9.97 Å². The number of aromatic nitrogens is 2. The largest absolute Gasteiger partial charge is 0.383 e. The van der Waals surface area contributed by atoms with Crippen LogP contribution in [-0.4, -0.2) is 16.6 Å². The molecule has 0 spiro atoms. The normalized spacial score (nSPS) is 13.0. The second-order valence-corrected chi connectivity index (χ2v) is 6.60. The average Bonchev–Trinajstić information content (AvgIpc) is 2.65. The lowest BCUT2D eigenvalue weighted by Crippen LogP contribution is -2.08. The first-order valence-electron chi connectivity index (χ1n) is 7.12. The fraction of sp³-hybridized carbons (Fsp3) is 0.600. The third-order valence-electron chi connectivity index (χ3n) is 3.52. The number of fused-ring (bicyclic) bond motifs is 1. The number of ether oxygens (including phenoxy) is 1. The molecule has 2 heterocycles. The van der Waals surface area contributed by atoms with Gasteiger partial charge in [0.05, 0.1) is 5.39 Å². The van der Waals surface area contributed by atoms with Gasteiger partial charge in [0.15, 0.2) is 5.82 Å². The van der Waals surface area contributed by atoms with Gasteiger partial charge in [-0.15, -0.1) is 11.3 Å². The van der Waals surface area contributed by atoms with E-state index in [1.807, 2.05) is 0 Å². The second-order valence-electron chi connectivity index (χ2n) is 5.40. The van der Waals surface area contributed by atoms with Crippen molar-refractivity contribution in [2.75, 3.05) is 12.3 Å². The van der Waals surface area contributed by atoms with Crippen molar-refractivity contribution in [3.05, 3.63) is 16.3 Å². The highest BCUT2D eigenvalue weighted by atomic mass is 32.1. The Morgan fingerprint density at radius 1 is 1.30 bits per heavy atom. The Bertz CT molecular complexity index is 594. The van der Waals surface area contributed by atoms with Crippen molar-refractivity contribution in [2.24, 2.45) is 5.92 Å². The van der Waals surface area contributed by atoms with Crippen LogP contribution >= 0.6 is 11.3 Å². The van der Waals surface area contributed by atoms with Crippen LogP contribution in [0.25, 0.3) is 10.2 Å². The topological polar surface area (TPSA) is 61.0 Å². The van der Waals surface area contributed by atoms with E-state index in [1.165, 1.54) is 23.3 Å². The number of nitrogens with zero attached hydrogens (tertiary/aromatic N) is 2. The highest BCUT2D eigenvalue weighted by Crippen LogP contribution is 2.31. The van der Waals surface area contributed by atoms with Gasteiger partial charge in [0, 0.05) is 11.5 Å². The Balaban J connectivity index is 2.08. The van der Waals surface area contributed by atoms with E-state index < -0.39 is 0 Å². The number of aryl methyl sites for hydroxylation is 2. The first kappa shape index (κ1) is 15.2. The Labute approximate surface area is 124 Å². The summed E-state index contributed by atoms with van der Waals surface area (Å²) in [6.45, 7) is 9.73. The molecular formula is C15H23N3OS. The quantitative estimate of drug-likeness (QED) is 0.879. The molecule has 2 N–H and O–H groups in total. The Morgan fingerprint density at radius 2 is 2.05 bits per heavy atom. The van der Waals surface area contributed by atoms with Gasteiger partial charge in [-0.1, -0.05) is 20.3 Å². The van der Waals surface area contributed by atoms with Gasteiger partial charge < -0.3 is 10.5 Å². The molecule has 0 amide bonds. The molecule has 0 bridgehead atoms. The van der Waals surface area contributed by atoms with Crippen LogP contribution in [0.15, 0.2) is 0 Å². The van der Waals surface area contributed by atoms with Crippen LogP contribution in [-0.2, 0) is 11.3 Å². The maximum absolute atomic E-state index is 6.05. The van der Waals surface area contributed by atoms with Crippen LogP contribution in [0.1, 0.15) is 43.0 Å². The first-order valence-corrected chi connectivity index (χ1v) is 7.94. The molecule has 0 saturated heterocycles. The third kappa shape index (κ3) is 3.27. The van der Waals surface area contributed by atoms with E-state index in [4.69, 9.17) is 10.5 Å². The monoisotopic (exact) mass is 293 g/mol. The first-order chi connectivity index (χ1) is 9.52. The zero-order chi connectivity index (χ0) is 14.7. The minimum absolute atomic E-state index is 0.435. The second kappa shape index (κ2) is 6.50. The summed E-state index contributed by atoms with van der Waals surface area (Å²) in [6, 6.07) is 0. The fourth-order valence-corrected chi connectivity index (χ4v) is 3.37. The maximum atomic E-state index is 6.05. The van der Waals surface area contributed by atoms with Crippen molar-refractivity contribution in [2.45, 2.75) is 47.1 Å². The summed E-state index contributed by atoms with van der Waals surface area (Å²) in [5, 5.41) is 0.996. The highest BCUT2D eigenvalue weighted by Gasteiger charge is 2.12. The number of nitrogens with two attached hydrogens (primary N) is 1. The minimum Gasteiger partial charge on any atom is -0.383 e. The van der Waals surface area contributed by atoms with Crippen molar-refractivity contribution < 1.29 is 4.74 Å². The van der Waals surface area contributed by atoms with Gasteiger partial charge in [-0.2, -0.15) is 0 Å². The molecule has 2 aromatic rings. The fourth-order valence-electron chi connectivity index (χ4n) is 2.32. The Hall–Kier alpha value is -1.20. The lowest BCUT2D eigenvalue weighted by Gasteiger charge is -2.10. The van der Waals surface area contributed by atoms with E-state index >= 15 is 0 Å². The van der Waals surface area contributed by atoms with Gasteiger partial charge in [-0.3, -0.25) is 0 Å². The number of hydrogen-bond acceptors (Lipinski definition) is 5. The molecule has 0 radical (unpaired) electrons. The van der Waals surface area contributed by atoms with Crippen LogP contribution in [0.2, 0.25) is 0 Å². The van der Waals surface area contributed by atoms with E-state index in [9.17, 15) is 0 Å². The van der Waals surface area contributed by atoms with E-state index in [0.717, 1.165) is 16.8 Å². The molecule has 110 valence electrons. The summed E-state index contributed by atoms with van der Waals surface area (Å²) in [6.07, 6.45) is 2.37. The summed E-state index contributed by atoms with van der Waals surface area (Å²) in [4.78, 5) is 11.1. The van der Waals surface area contributed by atoms with Gasteiger partial charge in [-0.05, 0) is 31.7 Å². The molecule has 2 rings (SSSR count). The summed E-state index contributed by atoms with van der Waals surface area (Å²) in [5.74, 6) is 1.82. The van der Waals surface area contributed by atoms with E-state index in [0.29, 0.717) is 24.2 Å². The van der Waals surface area contributed by atoms with Crippen LogP contribution in [0.4, 0.5) is 5.82 Å². The maximum Gasteiger partial charge on any atom is 0.158 e. The summed E-state index contributed by atoms with van der Waals surface area (Å²) < 4.78 is 5.70. The van der Waals surface area contributed by atoms with E-state index in [-0.39, 0.29) is 0 Å². The summed E-state index contributed by atoms with van der Waals surface area (Å²) >= 11 is 1.67. The predicted octanol–water partition coefficient (Wildman–Crippen LogP) is 3.84. The third-order valence-corrected chi connectivity index (χ3v) is 4.62. The molecule has 0 aliphatic heterocycles. The predicted molar refractivity (Wildman–Crippen MR) is 85.0 cm³/mol. The number of rotatable bonds is 6. The molecule has 1 unspecified atom stereocenters. The van der Waals surface area contributed by atoms with Crippen LogP contribution < -0.4 is 5.73 Å². The van der Waals surface area contributed by atoms with Crippen LogP contribution in [0, 0.1) is 19.8 Å². The van der Waals surface area contributed by atoms with Crippen molar-refractivity contribution in [3.63, 3.8) is 0 Å². The highest BCUT2D eigenvalue weighted by molar-refractivity contribution is 7.18. The zero-order valence-electron chi connectivity index (χ0n) is 12.7. The lowest BCUT2D eigenvalue weighted by atomic mass is 10.1. The minimum atomic E-state index is 0.435. The summed E-state index contributed by atoms with van der Waals surface area (Å²) in [7, 11) is 0. The molecule has 0 aliphatic carbocycles. The number of hydrogen-bond donors (Lipinski definition) is 1. The molecule has 2 aromatic heterocycles.